The molecule has 0 aliphatic carbocycles. The second kappa shape index (κ2) is 9.32. The molecular weight excluding hydrogens is 248 g/mol. The van der Waals surface area contributed by atoms with Gasteiger partial charge in [-0.2, -0.15) is 0 Å². The number of hydrogen-bond donors (Lipinski definition) is 1. The first-order valence-electron chi connectivity index (χ1n) is 7.38. The van der Waals surface area contributed by atoms with Gasteiger partial charge in [-0.1, -0.05) is 43.7 Å². The van der Waals surface area contributed by atoms with Gasteiger partial charge in [0, 0.05) is 12.3 Å². The van der Waals surface area contributed by atoms with Gasteiger partial charge >= 0.3 is 0 Å². The summed E-state index contributed by atoms with van der Waals surface area (Å²) in [6, 6.07) is 8.44. The number of benzene rings is 1. The first-order chi connectivity index (χ1) is 9.75. The van der Waals surface area contributed by atoms with Gasteiger partial charge in [0.25, 0.3) is 0 Å². The van der Waals surface area contributed by atoms with Crippen molar-refractivity contribution in [2.45, 2.75) is 47.1 Å². The predicted molar refractivity (Wildman–Crippen MR) is 83.8 cm³/mol. The van der Waals surface area contributed by atoms with Crippen molar-refractivity contribution < 1.29 is 4.74 Å². The fraction of sp³-hybridized carbons (Fsp3) is 0.471. The highest BCUT2D eigenvalue weighted by Gasteiger charge is 2.00. The fourth-order valence-corrected chi connectivity index (χ4v) is 1.97. The number of aromatic nitrogens is 2. The fourth-order valence-electron chi connectivity index (χ4n) is 1.97. The van der Waals surface area contributed by atoms with E-state index in [1.807, 2.05) is 13.8 Å². The minimum atomic E-state index is 0.696. The normalized spacial score (nSPS) is 10.0. The Morgan fingerprint density at radius 1 is 1.20 bits per heavy atom. The predicted octanol–water partition coefficient (Wildman–Crippen LogP) is 4.20. The van der Waals surface area contributed by atoms with Crippen molar-refractivity contribution in [1.82, 2.24) is 9.97 Å². The molecule has 1 heterocycles. The van der Waals surface area contributed by atoms with E-state index in [0.29, 0.717) is 6.61 Å². The van der Waals surface area contributed by atoms with Crippen LogP contribution in [0.15, 0.2) is 30.6 Å². The van der Waals surface area contributed by atoms with Gasteiger partial charge in [-0.15, -0.1) is 0 Å². The lowest BCUT2D eigenvalue weighted by molar-refractivity contribution is 0.118. The monoisotopic (exact) mass is 274 g/mol. The second-order valence-electron chi connectivity index (χ2n) is 4.62. The largest absolute Gasteiger partial charge is 0.377 e. The van der Waals surface area contributed by atoms with Gasteiger partial charge in [0.05, 0.1) is 18.6 Å². The van der Waals surface area contributed by atoms with E-state index in [1.54, 1.807) is 6.33 Å². The lowest BCUT2D eigenvalue weighted by Crippen LogP contribution is -1.98. The zero-order valence-corrected chi connectivity index (χ0v) is 13.1. The van der Waals surface area contributed by atoms with E-state index in [9.17, 15) is 0 Å². The second-order valence-corrected chi connectivity index (χ2v) is 4.62. The molecule has 0 bridgehead atoms. The van der Waals surface area contributed by atoms with E-state index in [2.05, 4.69) is 48.1 Å². The maximum Gasteiger partial charge on any atom is 0.0925 e. The minimum absolute atomic E-state index is 0.696. The van der Waals surface area contributed by atoms with Crippen LogP contribution in [-0.4, -0.2) is 16.6 Å². The Kier molecular flexibility index (Phi) is 7.66. The molecule has 2 aromatic rings. The molecule has 0 saturated carbocycles. The number of H-pyrrole nitrogens is 1. The Morgan fingerprint density at radius 2 is 2.00 bits per heavy atom. The summed E-state index contributed by atoms with van der Waals surface area (Å²) in [5, 5.41) is 0. The first kappa shape index (κ1) is 16.4. The number of aromatic amines is 1. The van der Waals surface area contributed by atoms with Crippen molar-refractivity contribution in [3.63, 3.8) is 0 Å². The first-order valence-corrected chi connectivity index (χ1v) is 7.38. The van der Waals surface area contributed by atoms with Crippen LogP contribution in [0.5, 0.6) is 0 Å². The maximum absolute atomic E-state index is 5.67. The SMILES string of the molecule is CC.Cc1cccc(COCCCc2nc[nH]c2C)c1. The minimum Gasteiger partial charge on any atom is -0.377 e. The number of nitrogens with zero attached hydrogens (tertiary/aromatic N) is 1. The molecule has 0 fully saturated rings. The topological polar surface area (TPSA) is 37.9 Å². The lowest BCUT2D eigenvalue weighted by atomic mass is 10.1. The number of ether oxygens (including phenoxy) is 1. The number of aryl methyl sites for hydroxylation is 3. The van der Waals surface area contributed by atoms with E-state index < -0.39 is 0 Å². The summed E-state index contributed by atoms with van der Waals surface area (Å²) < 4.78 is 5.67. The molecule has 0 aliphatic rings. The molecule has 3 nitrogen and oxygen atoms in total. The Morgan fingerprint density at radius 3 is 2.65 bits per heavy atom. The molecule has 0 aliphatic heterocycles. The van der Waals surface area contributed by atoms with E-state index in [4.69, 9.17) is 4.74 Å². The third-order valence-corrected chi connectivity index (χ3v) is 2.99. The van der Waals surface area contributed by atoms with Crippen LogP contribution in [0.25, 0.3) is 0 Å². The molecule has 3 heteroatoms. The zero-order valence-electron chi connectivity index (χ0n) is 13.1. The number of hydrogen-bond acceptors (Lipinski definition) is 2. The molecule has 0 saturated heterocycles. The molecule has 1 aromatic heterocycles. The number of imidazole rings is 1. The average molecular weight is 274 g/mol. The summed E-state index contributed by atoms with van der Waals surface area (Å²) in [6.45, 7) is 9.63. The molecular formula is C17H26N2O. The highest BCUT2D eigenvalue weighted by molar-refractivity contribution is 5.21. The average Bonchev–Trinajstić information content (AvgIpc) is 2.86. The Labute approximate surface area is 122 Å². The lowest BCUT2D eigenvalue weighted by Gasteiger charge is -2.05. The Bertz CT molecular complexity index is 491. The highest BCUT2D eigenvalue weighted by atomic mass is 16.5. The number of rotatable bonds is 6. The molecule has 110 valence electrons. The third kappa shape index (κ3) is 5.57. The van der Waals surface area contributed by atoms with Crippen molar-refractivity contribution >= 4 is 0 Å². The van der Waals surface area contributed by atoms with Crippen LogP contribution in [-0.2, 0) is 17.8 Å². The van der Waals surface area contributed by atoms with Crippen LogP contribution in [0.4, 0.5) is 0 Å². The molecule has 0 radical (unpaired) electrons. The Hall–Kier alpha value is -1.61. The molecule has 0 spiro atoms. The van der Waals surface area contributed by atoms with E-state index in [-0.39, 0.29) is 0 Å². The van der Waals surface area contributed by atoms with Crippen LogP contribution in [0.3, 0.4) is 0 Å². The van der Waals surface area contributed by atoms with Gasteiger partial charge in [0.2, 0.25) is 0 Å². The van der Waals surface area contributed by atoms with Crippen LogP contribution in [0.2, 0.25) is 0 Å². The molecule has 2 rings (SSSR count). The summed E-state index contributed by atoms with van der Waals surface area (Å²) in [4.78, 5) is 7.36. The molecule has 1 N–H and O–H groups in total. The van der Waals surface area contributed by atoms with Crippen molar-refractivity contribution in [2.24, 2.45) is 0 Å². The summed E-state index contributed by atoms with van der Waals surface area (Å²) in [5.41, 5.74) is 4.83. The van der Waals surface area contributed by atoms with Gasteiger partial charge in [-0.25, -0.2) is 4.98 Å². The highest BCUT2D eigenvalue weighted by Crippen LogP contribution is 2.07. The van der Waals surface area contributed by atoms with Crippen molar-refractivity contribution in [3.8, 4) is 0 Å². The summed E-state index contributed by atoms with van der Waals surface area (Å²) in [6.07, 6.45) is 3.74. The van der Waals surface area contributed by atoms with Crippen LogP contribution >= 0.6 is 0 Å². The van der Waals surface area contributed by atoms with Gasteiger partial charge in [-0.3, -0.25) is 0 Å². The van der Waals surface area contributed by atoms with Crippen LogP contribution in [0.1, 0.15) is 42.8 Å². The van der Waals surface area contributed by atoms with Gasteiger partial charge in [0.1, 0.15) is 0 Å². The molecule has 0 unspecified atom stereocenters. The van der Waals surface area contributed by atoms with Crippen LogP contribution < -0.4 is 0 Å². The quantitative estimate of drug-likeness (QED) is 0.802. The van der Waals surface area contributed by atoms with Gasteiger partial charge < -0.3 is 9.72 Å². The summed E-state index contributed by atoms with van der Waals surface area (Å²) in [7, 11) is 0. The smallest absolute Gasteiger partial charge is 0.0925 e. The van der Waals surface area contributed by atoms with E-state index in [1.165, 1.54) is 11.1 Å². The molecule has 20 heavy (non-hydrogen) atoms. The summed E-state index contributed by atoms with van der Waals surface area (Å²) >= 11 is 0. The van der Waals surface area contributed by atoms with Gasteiger partial charge in [0.15, 0.2) is 0 Å². The summed E-state index contributed by atoms with van der Waals surface area (Å²) in [5.74, 6) is 0. The van der Waals surface area contributed by atoms with Crippen LogP contribution in [0, 0.1) is 13.8 Å². The molecule has 1 aromatic carbocycles. The van der Waals surface area contributed by atoms with Gasteiger partial charge in [-0.05, 0) is 32.3 Å². The van der Waals surface area contributed by atoms with Crippen molar-refractivity contribution in [2.75, 3.05) is 6.61 Å². The third-order valence-electron chi connectivity index (χ3n) is 2.99. The Balaban J connectivity index is 0.000000956. The maximum atomic E-state index is 5.67. The number of nitrogens with one attached hydrogen (secondary N) is 1. The van der Waals surface area contributed by atoms with Crippen molar-refractivity contribution in [1.29, 1.82) is 0 Å². The van der Waals surface area contributed by atoms with E-state index in [0.717, 1.165) is 30.8 Å². The molecule has 0 atom stereocenters. The molecule has 0 amide bonds. The standard InChI is InChI=1S/C15H20N2O.C2H6/c1-12-5-3-6-14(9-12)10-18-8-4-7-15-13(2)16-11-17-15;1-2/h3,5-6,9,11H,4,7-8,10H2,1-2H3,(H,16,17);1-2H3. The zero-order chi connectivity index (χ0) is 14.8. The van der Waals surface area contributed by atoms with Crippen molar-refractivity contribution in [3.05, 3.63) is 53.1 Å². The van der Waals surface area contributed by atoms with E-state index >= 15 is 0 Å².